The fourth-order valence-electron chi connectivity index (χ4n) is 2.63. The number of amides is 2. The zero-order valence-corrected chi connectivity index (χ0v) is 17.9. The van der Waals surface area contributed by atoms with Crippen LogP contribution in [0.15, 0.2) is 24.3 Å². The number of phenols is 1. The number of phenolic OH excluding ortho intramolecular Hbond substituents is 1. The van der Waals surface area contributed by atoms with Crippen LogP contribution in [0.2, 0.25) is 0 Å². The van der Waals surface area contributed by atoms with Crippen LogP contribution in [-0.4, -0.2) is 47.9 Å². The van der Waals surface area contributed by atoms with Crippen molar-refractivity contribution in [1.29, 1.82) is 0 Å². The average molecular weight is 408 g/mol. The van der Waals surface area contributed by atoms with Crippen LogP contribution in [0.5, 0.6) is 5.75 Å². The molecule has 1 rings (SSSR count). The second kappa shape index (κ2) is 10.7. The topological polar surface area (TPSA) is 114 Å². The molecule has 29 heavy (non-hydrogen) atoms. The Kier molecular flexibility index (Phi) is 8.94. The first-order chi connectivity index (χ1) is 13.4. The zero-order valence-electron chi connectivity index (χ0n) is 17.9. The summed E-state index contributed by atoms with van der Waals surface area (Å²) < 4.78 is 10.0. The monoisotopic (exact) mass is 408 g/mol. The highest BCUT2D eigenvalue weighted by atomic mass is 16.6. The van der Waals surface area contributed by atoms with Crippen molar-refractivity contribution in [2.24, 2.45) is 5.92 Å². The number of hydrogen-bond acceptors (Lipinski definition) is 6. The number of hydrogen-bond donors (Lipinski definition) is 3. The molecule has 0 bridgehead atoms. The van der Waals surface area contributed by atoms with Gasteiger partial charge in [-0.25, -0.2) is 9.59 Å². The first-order valence-electron chi connectivity index (χ1n) is 9.57. The lowest BCUT2D eigenvalue weighted by molar-refractivity contribution is -0.145. The molecule has 2 atom stereocenters. The third-order valence-electron chi connectivity index (χ3n) is 3.89. The lowest BCUT2D eigenvalue weighted by atomic mass is 10.0. The van der Waals surface area contributed by atoms with E-state index in [0.29, 0.717) is 6.42 Å². The van der Waals surface area contributed by atoms with E-state index in [2.05, 4.69) is 10.6 Å². The van der Waals surface area contributed by atoms with E-state index in [1.165, 1.54) is 19.2 Å². The van der Waals surface area contributed by atoms with E-state index in [9.17, 15) is 19.5 Å². The minimum atomic E-state index is -0.938. The summed E-state index contributed by atoms with van der Waals surface area (Å²) in [5, 5.41) is 14.6. The SMILES string of the molecule is COC(=O)[C@H](Cc1ccc(O)cc1)NC(=O)[C@H](CC(C)C)NC(=O)OC(C)(C)C. The van der Waals surface area contributed by atoms with Gasteiger partial charge in [0.25, 0.3) is 0 Å². The molecule has 0 aliphatic rings. The maximum Gasteiger partial charge on any atom is 0.408 e. The summed E-state index contributed by atoms with van der Waals surface area (Å²) in [4.78, 5) is 37.1. The molecule has 8 nitrogen and oxygen atoms in total. The molecule has 0 aromatic heterocycles. The van der Waals surface area contributed by atoms with Crippen molar-refractivity contribution in [2.45, 2.75) is 65.1 Å². The van der Waals surface area contributed by atoms with Gasteiger partial charge in [-0.15, -0.1) is 0 Å². The largest absolute Gasteiger partial charge is 0.508 e. The van der Waals surface area contributed by atoms with Crippen LogP contribution < -0.4 is 10.6 Å². The number of methoxy groups -OCH3 is 1. The maximum atomic E-state index is 12.8. The van der Waals surface area contributed by atoms with Gasteiger partial charge in [0.2, 0.25) is 5.91 Å². The van der Waals surface area contributed by atoms with Crippen LogP contribution in [0.4, 0.5) is 4.79 Å². The van der Waals surface area contributed by atoms with E-state index in [1.807, 2.05) is 13.8 Å². The number of benzene rings is 1. The molecule has 0 aliphatic carbocycles. The van der Waals surface area contributed by atoms with E-state index >= 15 is 0 Å². The Morgan fingerprint density at radius 1 is 1.03 bits per heavy atom. The van der Waals surface area contributed by atoms with Gasteiger partial charge in [0.1, 0.15) is 23.4 Å². The standard InChI is InChI=1S/C21H32N2O6/c1-13(2)11-16(23-20(27)29-21(3,4)5)18(25)22-17(19(26)28-6)12-14-7-9-15(24)10-8-14/h7-10,13,16-17,24H,11-12H2,1-6H3,(H,22,25)(H,23,27)/t16-,17-/m0/s1. The van der Waals surface area contributed by atoms with Gasteiger partial charge < -0.3 is 25.2 Å². The minimum absolute atomic E-state index is 0.103. The van der Waals surface area contributed by atoms with E-state index in [0.717, 1.165) is 5.56 Å². The van der Waals surface area contributed by atoms with Gasteiger partial charge in [0, 0.05) is 6.42 Å². The van der Waals surface area contributed by atoms with Crippen LogP contribution in [0.25, 0.3) is 0 Å². The highest BCUT2D eigenvalue weighted by Gasteiger charge is 2.29. The summed E-state index contributed by atoms with van der Waals surface area (Å²) in [5.74, 6) is -0.883. The van der Waals surface area contributed by atoms with Gasteiger partial charge in [-0.3, -0.25) is 4.79 Å². The molecule has 0 aliphatic heterocycles. The number of alkyl carbamates (subject to hydrolysis) is 1. The number of aromatic hydroxyl groups is 1. The predicted molar refractivity (Wildman–Crippen MR) is 108 cm³/mol. The van der Waals surface area contributed by atoms with Crippen LogP contribution in [0.3, 0.4) is 0 Å². The Balaban J connectivity index is 2.91. The van der Waals surface area contributed by atoms with Crippen LogP contribution >= 0.6 is 0 Å². The number of carbonyl (C=O) groups is 3. The maximum absolute atomic E-state index is 12.8. The molecule has 0 radical (unpaired) electrons. The zero-order chi connectivity index (χ0) is 22.2. The number of rotatable bonds is 8. The molecule has 1 aromatic rings. The summed E-state index contributed by atoms with van der Waals surface area (Å²) >= 11 is 0. The Hall–Kier alpha value is -2.77. The fourth-order valence-corrected chi connectivity index (χ4v) is 2.63. The highest BCUT2D eigenvalue weighted by Crippen LogP contribution is 2.13. The fraction of sp³-hybridized carbons (Fsp3) is 0.571. The summed E-state index contributed by atoms with van der Waals surface area (Å²) in [6.07, 6.45) is -0.149. The molecule has 0 spiro atoms. The normalized spacial score (nSPS) is 13.3. The van der Waals surface area contributed by atoms with Crippen molar-refractivity contribution in [3.63, 3.8) is 0 Å². The molecule has 3 N–H and O–H groups in total. The molecule has 8 heteroatoms. The summed E-state index contributed by atoms with van der Waals surface area (Å²) in [5.41, 5.74) is 0.0371. The van der Waals surface area contributed by atoms with Crippen molar-refractivity contribution in [3.05, 3.63) is 29.8 Å². The number of esters is 1. The molecule has 0 fully saturated rings. The van der Waals surface area contributed by atoms with Crippen molar-refractivity contribution >= 4 is 18.0 Å². The van der Waals surface area contributed by atoms with Gasteiger partial charge in [0.05, 0.1) is 7.11 Å². The molecule has 0 unspecified atom stereocenters. The van der Waals surface area contributed by atoms with Crippen molar-refractivity contribution < 1.29 is 29.0 Å². The highest BCUT2D eigenvalue weighted by molar-refractivity contribution is 5.89. The van der Waals surface area contributed by atoms with Gasteiger partial charge in [-0.1, -0.05) is 26.0 Å². The van der Waals surface area contributed by atoms with Crippen molar-refractivity contribution in [3.8, 4) is 5.75 Å². The molecule has 162 valence electrons. The van der Waals surface area contributed by atoms with Crippen LogP contribution in [-0.2, 0) is 25.5 Å². The summed E-state index contributed by atoms with van der Waals surface area (Å²) in [6.45, 7) is 9.04. The minimum Gasteiger partial charge on any atom is -0.508 e. The lowest BCUT2D eigenvalue weighted by Crippen LogP contribution is -2.53. The van der Waals surface area contributed by atoms with Crippen molar-refractivity contribution in [2.75, 3.05) is 7.11 Å². The molecule has 1 aromatic carbocycles. The molecule has 0 saturated carbocycles. The van der Waals surface area contributed by atoms with Crippen molar-refractivity contribution in [1.82, 2.24) is 10.6 Å². The number of nitrogens with one attached hydrogen (secondary N) is 2. The van der Waals surface area contributed by atoms with E-state index in [1.54, 1.807) is 32.9 Å². The third-order valence-corrected chi connectivity index (χ3v) is 3.89. The van der Waals surface area contributed by atoms with E-state index in [-0.39, 0.29) is 18.1 Å². The Bertz CT molecular complexity index is 694. The van der Waals surface area contributed by atoms with Gasteiger partial charge in [-0.2, -0.15) is 0 Å². The first kappa shape index (κ1) is 24.3. The van der Waals surface area contributed by atoms with Gasteiger partial charge >= 0.3 is 12.1 Å². The summed E-state index contributed by atoms with van der Waals surface area (Å²) in [6, 6.07) is 4.50. The molecule has 0 heterocycles. The Morgan fingerprint density at radius 2 is 1.62 bits per heavy atom. The predicted octanol–water partition coefficient (Wildman–Crippen LogP) is 2.53. The third kappa shape index (κ3) is 9.32. The van der Waals surface area contributed by atoms with E-state index < -0.39 is 35.7 Å². The van der Waals surface area contributed by atoms with Gasteiger partial charge in [0.15, 0.2) is 0 Å². The Morgan fingerprint density at radius 3 is 2.10 bits per heavy atom. The van der Waals surface area contributed by atoms with E-state index in [4.69, 9.17) is 9.47 Å². The second-order valence-electron chi connectivity index (χ2n) is 8.28. The Labute approximate surface area is 172 Å². The molecule has 2 amide bonds. The van der Waals surface area contributed by atoms with Crippen LogP contribution in [0, 0.1) is 5.92 Å². The molecule has 0 saturated heterocycles. The van der Waals surface area contributed by atoms with Gasteiger partial charge in [-0.05, 0) is 50.8 Å². The smallest absolute Gasteiger partial charge is 0.408 e. The molecular formula is C21H32N2O6. The lowest BCUT2D eigenvalue weighted by Gasteiger charge is -2.25. The quantitative estimate of drug-likeness (QED) is 0.570. The molecular weight excluding hydrogens is 376 g/mol. The first-order valence-corrected chi connectivity index (χ1v) is 9.57. The summed E-state index contributed by atoms with van der Waals surface area (Å²) in [7, 11) is 1.24. The average Bonchev–Trinajstić information content (AvgIpc) is 2.59. The number of carbonyl (C=O) groups excluding carboxylic acids is 3. The number of ether oxygens (including phenoxy) is 2. The van der Waals surface area contributed by atoms with Crippen LogP contribution in [0.1, 0.15) is 46.6 Å². The second-order valence-corrected chi connectivity index (χ2v) is 8.28.